The van der Waals surface area contributed by atoms with Crippen molar-refractivity contribution in [1.29, 1.82) is 0 Å². The monoisotopic (exact) mass is 1080 g/mol. The predicted octanol–water partition coefficient (Wildman–Crippen LogP) is 24.2. The van der Waals surface area contributed by atoms with Crippen LogP contribution in [-0.4, -0.2) is 36.4 Å². The van der Waals surface area contributed by atoms with E-state index in [-0.39, 0.29) is 25.2 Å². The van der Waals surface area contributed by atoms with Gasteiger partial charge in [0.15, 0.2) is 6.10 Å². The van der Waals surface area contributed by atoms with Crippen LogP contribution in [0.3, 0.4) is 0 Å². The van der Waals surface area contributed by atoms with E-state index in [1.807, 2.05) is 0 Å². The van der Waals surface area contributed by atoms with Gasteiger partial charge in [-0.25, -0.2) is 0 Å². The van der Waals surface area contributed by atoms with Gasteiger partial charge in [-0.15, -0.1) is 0 Å². The number of unbranched alkanes of at least 4 members (excludes halogenated alkanes) is 52. The van der Waals surface area contributed by atoms with Gasteiger partial charge in [0.25, 0.3) is 0 Å². The first-order chi connectivity index (χ1) is 38.1. The molecule has 0 rings (SSSR count). The molecular formula is C72H136O5. The molecule has 0 aliphatic carbocycles. The van der Waals surface area contributed by atoms with Crippen LogP contribution in [0.2, 0.25) is 0 Å². The molecule has 0 aliphatic rings. The van der Waals surface area contributed by atoms with Gasteiger partial charge in [0.2, 0.25) is 0 Å². The molecule has 0 radical (unpaired) electrons. The molecule has 1 unspecified atom stereocenters. The van der Waals surface area contributed by atoms with Crippen LogP contribution < -0.4 is 0 Å². The van der Waals surface area contributed by atoms with Crippen LogP contribution in [0.4, 0.5) is 0 Å². The summed E-state index contributed by atoms with van der Waals surface area (Å²) in [6.07, 6.45) is 90.4. The molecule has 0 heterocycles. The number of carbonyl (C=O) groups excluding carboxylic acids is 2. The minimum atomic E-state index is -0.771. The zero-order valence-electron chi connectivity index (χ0n) is 52.3. The average Bonchev–Trinajstić information content (AvgIpc) is 3.43. The molecule has 0 aromatic heterocycles. The number of carbonyl (C=O) groups is 2. The Hall–Kier alpha value is -1.88. The van der Waals surface area contributed by atoms with Gasteiger partial charge in [-0.05, 0) is 51.4 Å². The molecule has 77 heavy (non-hydrogen) atoms. The van der Waals surface area contributed by atoms with Crippen molar-refractivity contribution in [1.82, 2.24) is 0 Å². The lowest BCUT2D eigenvalue weighted by atomic mass is 10.0. The Morgan fingerprint density at radius 2 is 0.519 bits per heavy atom. The molecule has 0 bridgehead atoms. The number of hydrogen-bond donors (Lipinski definition) is 1. The summed E-state index contributed by atoms with van der Waals surface area (Å²) in [6, 6.07) is 0. The zero-order chi connectivity index (χ0) is 55.5. The van der Waals surface area contributed by atoms with Crippen LogP contribution in [-0.2, 0) is 19.1 Å². The molecule has 0 fully saturated rings. The number of rotatable bonds is 66. The second kappa shape index (κ2) is 68.4. The molecular weight excluding hydrogens is 945 g/mol. The molecule has 0 saturated carbocycles. The summed E-state index contributed by atoms with van der Waals surface area (Å²) >= 11 is 0. The molecule has 0 aliphatic heterocycles. The Bertz CT molecular complexity index is 1220. The number of aliphatic hydroxyl groups excluding tert-OH is 1. The molecule has 5 nitrogen and oxygen atoms in total. The summed E-state index contributed by atoms with van der Waals surface area (Å²) in [4.78, 5) is 24.6. The van der Waals surface area contributed by atoms with Crippen LogP contribution in [0.15, 0.2) is 36.5 Å². The van der Waals surface area contributed by atoms with Crippen molar-refractivity contribution in [2.24, 2.45) is 0 Å². The number of allylic oxidation sites excluding steroid dienone is 6. The normalized spacial score (nSPS) is 12.3. The molecule has 5 heteroatoms. The highest BCUT2D eigenvalue weighted by Crippen LogP contribution is 2.19. The molecule has 1 N–H and O–H groups in total. The highest BCUT2D eigenvalue weighted by Gasteiger charge is 2.16. The minimum absolute atomic E-state index is 0.0604. The number of esters is 2. The fourth-order valence-corrected chi connectivity index (χ4v) is 10.9. The molecule has 454 valence electrons. The van der Waals surface area contributed by atoms with Crippen molar-refractivity contribution in [3.63, 3.8) is 0 Å². The average molecular weight is 1080 g/mol. The van der Waals surface area contributed by atoms with E-state index in [0.29, 0.717) is 12.8 Å². The third kappa shape index (κ3) is 66.5. The Balaban J connectivity index is 3.39. The number of hydrogen-bond acceptors (Lipinski definition) is 5. The second-order valence-corrected chi connectivity index (χ2v) is 24.0. The Labute approximate surface area is 482 Å². The summed E-state index contributed by atoms with van der Waals surface area (Å²) < 4.78 is 10.8. The summed E-state index contributed by atoms with van der Waals surface area (Å²) in [5.41, 5.74) is 0. The highest BCUT2D eigenvalue weighted by molar-refractivity contribution is 5.70. The van der Waals surface area contributed by atoms with E-state index in [9.17, 15) is 14.7 Å². The maximum absolute atomic E-state index is 12.4. The van der Waals surface area contributed by atoms with Gasteiger partial charge in [-0.2, -0.15) is 0 Å². The topological polar surface area (TPSA) is 72.8 Å². The number of aliphatic hydroxyl groups is 1. The summed E-state index contributed by atoms with van der Waals surface area (Å²) in [6.45, 7) is 4.19. The van der Waals surface area contributed by atoms with Crippen LogP contribution in [0.25, 0.3) is 0 Å². The fraction of sp³-hybridized carbons (Fsp3) is 0.889. The van der Waals surface area contributed by atoms with E-state index in [4.69, 9.17) is 9.47 Å². The summed E-state index contributed by atoms with van der Waals surface area (Å²) in [5, 5.41) is 9.70. The fourth-order valence-electron chi connectivity index (χ4n) is 10.9. The van der Waals surface area contributed by atoms with E-state index in [1.54, 1.807) is 0 Å². The molecule has 0 aromatic rings. The molecule has 0 aromatic carbocycles. The molecule has 0 amide bonds. The lowest BCUT2D eigenvalue weighted by Crippen LogP contribution is -2.28. The van der Waals surface area contributed by atoms with Gasteiger partial charge in [0, 0.05) is 12.8 Å². The largest absolute Gasteiger partial charge is 0.462 e. The van der Waals surface area contributed by atoms with Gasteiger partial charge in [-0.3, -0.25) is 9.59 Å². The third-order valence-corrected chi connectivity index (χ3v) is 16.2. The van der Waals surface area contributed by atoms with Gasteiger partial charge >= 0.3 is 11.9 Å². The standard InChI is InChI=1S/C72H136O5/c1-3-5-7-9-11-13-15-17-19-21-23-25-27-29-31-33-34-35-36-37-39-40-42-44-46-48-50-52-54-56-58-60-62-64-66-71(74)76-69-70(68-73)77-72(75)67-65-63-61-59-57-55-53-51-49-47-45-43-41-38-32-30-28-26-24-22-20-18-16-14-12-10-8-6-4-2/h16,18,22,24,28,30,70,73H,3-15,17,19-21,23,25-27,29,31-69H2,1-2H3/b18-16-,24-22-,30-28-. The highest BCUT2D eigenvalue weighted by atomic mass is 16.6. The van der Waals surface area contributed by atoms with Gasteiger partial charge < -0.3 is 14.6 Å². The quantitative estimate of drug-likeness (QED) is 0.0373. The Morgan fingerprint density at radius 1 is 0.299 bits per heavy atom. The molecule has 0 saturated heterocycles. The first kappa shape index (κ1) is 75.1. The van der Waals surface area contributed by atoms with Gasteiger partial charge in [-0.1, -0.05) is 365 Å². The van der Waals surface area contributed by atoms with Crippen LogP contribution >= 0.6 is 0 Å². The van der Waals surface area contributed by atoms with E-state index < -0.39 is 6.10 Å². The van der Waals surface area contributed by atoms with Crippen molar-refractivity contribution >= 4 is 11.9 Å². The lowest BCUT2D eigenvalue weighted by molar-refractivity contribution is -0.161. The van der Waals surface area contributed by atoms with E-state index in [1.165, 1.54) is 321 Å². The van der Waals surface area contributed by atoms with Crippen molar-refractivity contribution in [3.05, 3.63) is 36.5 Å². The van der Waals surface area contributed by atoms with Crippen LogP contribution in [0.1, 0.15) is 393 Å². The van der Waals surface area contributed by atoms with Crippen LogP contribution in [0, 0.1) is 0 Å². The Morgan fingerprint density at radius 3 is 0.779 bits per heavy atom. The minimum Gasteiger partial charge on any atom is -0.462 e. The third-order valence-electron chi connectivity index (χ3n) is 16.2. The maximum Gasteiger partial charge on any atom is 0.306 e. The van der Waals surface area contributed by atoms with Gasteiger partial charge in [0.05, 0.1) is 6.61 Å². The van der Waals surface area contributed by atoms with Crippen molar-refractivity contribution in [2.45, 2.75) is 399 Å². The smallest absolute Gasteiger partial charge is 0.306 e. The van der Waals surface area contributed by atoms with E-state index in [2.05, 4.69) is 50.3 Å². The van der Waals surface area contributed by atoms with Crippen molar-refractivity contribution in [2.75, 3.05) is 13.2 Å². The number of ether oxygens (including phenoxy) is 2. The van der Waals surface area contributed by atoms with Gasteiger partial charge in [0.1, 0.15) is 6.61 Å². The molecule has 1 atom stereocenters. The SMILES string of the molecule is CCCCCCC/C=C\C/C=C\C/C=C\CCCCCCCCCCCCCCCCC(=O)OC(CO)COC(=O)CCCCCCCCCCCCCCCCCCCCCCCCCCCCCCCCCCCC. The second-order valence-electron chi connectivity index (χ2n) is 24.0. The van der Waals surface area contributed by atoms with Crippen molar-refractivity contribution in [3.8, 4) is 0 Å². The Kier molecular flexibility index (Phi) is 66.7. The summed E-state index contributed by atoms with van der Waals surface area (Å²) in [7, 11) is 0. The summed E-state index contributed by atoms with van der Waals surface area (Å²) in [5.74, 6) is -0.569. The first-order valence-corrected chi connectivity index (χ1v) is 35.0. The maximum atomic E-state index is 12.4. The lowest BCUT2D eigenvalue weighted by Gasteiger charge is -2.15. The molecule has 0 spiro atoms. The van der Waals surface area contributed by atoms with Crippen molar-refractivity contribution < 1.29 is 24.2 Å². The van der Waals surface area contributed by atoms with Crippen LogP contribution in [0.5, 0.6) is 0 Å². The first-order valence-electron chi connectivity index (χ1n) is 35.0. The zero-order valence-corrected chi connectivity index (χ0v) is 52.3. The van der Waals surface area contributed by atoms with E-state index in [0.717, 1.165) is 44.9 Å². The van der Waals surface area contributed by atoms with E-state index >= 15 is 0 Å². The predicted molar refractivity (Wildman–Crippen MR) is 339 cm³/mol.